The van der Waals surface area contributed by atoms with Gasteiger partial charge in [-0.15, -0.1) is 0 Å². The van der Waals surface area contributed by atoms with Crippen LogP contribution in [0.4, 0.5) is 24.5 Å². The second-order valence-corrected chi connectivity index (χ2v) is 8.03. The summed E-state index contributed by atoms with van der Waals surface area (Å²) < 4.78 is 38.6. The van der Waals surface area contributed by atoms with E-state index in [1.54, 1.807) is 54.6 Å². The maximum absolute atomic E-state index is 13.4. The maximum atomic E-state index is 13.4. The van der Waals surface area contributed by atoms with Crippen molar-refractivity contribution >= 4 is 29.3 Å². The average Bonchev–Trinajstić information content (AvgIpc) is 3.34. The molecule has 0 unspecified atom stereocenters. The molecule has 3 atom stereocenters. The lowest BCUT2D eigenvalue weighted by Gasteiger charge is -2.26. The van der Waals surface area contributed by atoms with Gasteiger partial charge in [-0.1, -0.05) is 60.7 Å². The van der Waals surface area contributed by atoms with E-state index in [4.69, 9.17) is 4.84 Å². The normalized spacial score (nSPS) is 22.6. The molecule has 0 bridgehead atoms. The molecule has 2 amide bonds. The zero-order valence-corrected chi connectivity index (χ0v) is 17.7. The summed E-state index contributed by atoms with van der Waals surface area (Å²) in [4.78, 5) is 33.7. The van der Waals surface area contributed by atoms with E-state index in [0.29, 0.717) is 16.9 Å². The second kappa shape index (κ2) is 8.46. The van der Waals surface area contributed by atoms with Crippen molar-refractivity contribution in [3.05, 3.63) is 102 Å². The van der Waals surface area contributed by atoms with Crippen molar-refractivity contribution in [2.24, 2.45) is 5.92 Å². The first-order chi connectivity index (χ1) is 16.3. The molecule has 2 fully saturated rings. The first-order valence-electron chi connectivity index (χ1n) is 10.6. The van der Waals surface area contributed by atoms with Crippen molar-refractivity contribution in [3.8, 4) is 0 Å². The van der Waals surface area contributed by atoms with Crippen molar-refractivity contribution in [2.45, 2.75) is 18.3 Å². The van der Waals surface area contributed by atoms with E-state index < -0.39 is 35.7 Å². The number of hydrogen-bond acceptors (Lipinski definition) is 4. The molecular formula is C26H19F3N2O3. The molecule has 0 N–H and O–H groups in total. The van der Waals surface area contributed by atoms with E-state index in [0.717, 1.165) is 17.0 Å². The monoisotopic (exact) mass is 464 g/mol. The minimum absolute atomic E-state index is 0.387. The number of hydroxylamine groups is 1. The fourth-order valence-corrected chi connectivity index (χ4v) is 4.27. The third kappa shape index (κ3) is 3.86. The number of nitrogens with zero attached hydrogens (tertiary/aromatic N) is 2. The van der Waals surface area contributed by atoms with Crippen LogP contribution in [0, 0.1) is 5.92 Å². The molecule has 2 aliphatic heterocycles. The van der Waals surface area contributed by atoms with E-state index in [-0.39, 0.29) is 5.91 Å². The highest BCUT2D eigenvalue weighted by molar-refractivity contribution is 6.24. The molecule has 0 saturated carbocycles. The Labute approximate surface area is 193 Å². The number of benzene rings is 3. The van der Waals surface area contributed by atoms with Crippen molar-refractivity contribution in [1.29, 1.82) is 0 Å². The van der Waals surface area contributed by atoms with Gasteiger partial charge < -0.3 is 0 Å². The molecule has 5 rings (SSSR count). The molecule has 2 heterocycles. The number of fused-ring (bicyclic) bond motifs is 1. The number of anilines is 2. The molecule has 0 spiro atoms. The van der Waals surface area contributed by atoms with E-state index in [1.807, 2.05) is 18.2 Å². The predicted molar refractivity (Wildman–Crippen MR) is 120 cm³/mol. The quantitative estimate of drug-likeness (QED) is 0.505. The number of para-hydroxylation sites is 2. The van der Waals surface area contributed by atoms with Crippen LogP contribution in [0.3, 0.4) is 0 Å². The number of imide groups is 1. The van der Waals surface area contributed by atoms with E-state index in [2.05, 4.69) is 0 Å². The largest absolute Gasteiger partial charge is 0.416 e. The van der Waals surface area contributed by atoms with Gasteiger partial charge in [0.1, 0.15) is 5.92 Å². The van der Waals surface area contributed by atoms with Crippen molar-refractivity contribution in [2.75, 3.05) is 9.96 Å². The second-order valence-electron chi connectivity index (χ2n) is 8.03. The fraction of sp³-hybridized carbons (Fsp3) is 0.154. The number of rotatable bonds is 4. The summed E-state index contributed by atoms with van der Waals surface area (Å²) in [5.41, 5.74) is 0.911. The molecular weight excluding hydrogens is 445 g/mol. The smallest absolute Gasteiger partial charge is 0.273 e. The third-order valence-electron chi connectivity index (χ3n) is 5.91. The minimum atomic E-state index is -4.42. The van der Waals surface area contributed by atoms with E-state index in [1.165, 1.54) is 17.2 Å². The SMILES string of the molecule is O=C1[C@@H]2[C@@H](ON(c3ccccc3)[C@H]2/C=C/c2ccc(C(F)(F)F)cc2)C(=O)N1c1ccccc1. The highest BCUT2D eigenvalue weighted by Crippen LogP contribution is 2.41. The zero-order valence-electron chi connectivity index (χ0n) is 17.7. The summed E-state index contributed by atoms with van der Waals surface area (Å²) >= 11 is 0. The van der Waals surface area contributed by atoms with Gasteiger partial charge in [0.05, 0.1) is 23.0 Å². The Kier molecular flexibility index (Phi) is 5.45. The Hall–Kier alpha value is -3.91. The van der Waals surface area contributed by atoms with Gasteiger partial charge in [-0.05, 0) is 42.0 Å². The minimum Gasteiger partial charge on any atom is -0.273 e. The lowest BCUT2D eigenvalue weighted by atomic mass is 9.95. The number of carbonyl (C=O) groups excluding carboxylic acids is 2. The van der Waals surface area contributed by atoms with Crippen LogP contribution in [0.5, 0.6) is 0 Å². The Morgan fingerprint density at radius 1 is 0.765 bits per heavy atom. The zero-order chi connectivity index (χ0) is 23.9. The van der Waals surface area contributed by atoms with Crippen LogP contribution in [0.2, 0.25) is 0 Å². The molecule has 8 heteroatoms. The van der Waals surface area contributed by atoms with Crippen LogP contribution < -0.4 is 9.96 Å². The Bertz CT molecular complexity index is 1230. The predicted octanol–water partition coefficient (Wildman–Crippen LogP) is 5.10. The highest BCUT2D eigenvalue weighted by atomic mass is 19.4. The van der Waals surface area contributed by atoms with Gasteiger partial charge in [-0.25, -0.2) is 9.96 Å². The molecule has 3 aromatic carbocycles. The molecule has 34 heavy (non-hydrogen) atoms. The summed E-state index contributed by atoms with van der Waals surface area (Å²) in [5, 5.41) is 1.52. The summed E-state index contributed by atoms with van der Waals surface area (Å²) in [6, 6.07) is 21.8. The van der Waals surface area contributed by atoms with Gasteiger partial charge in [0.2, 0.25) is 5.91 Å². The van der Waals surface area contributed by atoms with Crippen molar-refractivity contribution in [1.82, 2.24) is 0 Å². The van der Waals surface area contributed by atoms with Crippen LogP contribution in [-0.4, -0.2) is 24.0 Å². The summed E-state index contributed by atoms with van der Waals surface area (Å²) in [6.45, 7) is 0. The van der Waals surface area contributed by atoms with Crippen LogP contribution in [-0.2, 0) is 20.6 Å². The summed E-state index contributed by atoms with van der Waals surface area (Å²) in [6.07, 6.45) is -2.10. The van der Waals surface area contributed by atoms with Crippen LogP contribution in [0.15, 0.2) is 91.0 Å². The highest BCUT2D eigenvalue weighted by Gasteiger charge is 2.59. The Morgan fingerprint density at radius 2 is 1.35 bits per heavy atom. The van der Waals surface area contributed by atoms with Crippen molar-refractivity contribution in [3.63, 3.8) is 0 Å². The van der Waals surface area contributed by atoms with Gasteiger partial charge >= 0.3 is 6.18 Å². The van der Waals surface area contributed by atoms with Gasteiger partial charge in [-0.2, -0.15) is 13.2 Å². The van der Waals surface area contributed by atoms with Crippen LogP contribution in [0.1, 0.15) is 11.1 Å². The molecule has 2 aliphatic rings. The third-order valence-corrected chi connectivity index (χ3v) is 5.91. The summed E-state index contributed by atoms with van der Waals surface area (Å²) in [5.74, 6) is -1.65. The summed E-state index contributed by atoms with van der Waals surface area (Å²) in [7, 11) is 0. The lowest BCUT2D eigenvalue weighted by Crippen LogP contribution is -2.39. The van der Waals surface area contributed by atoms with Gasteiger partial charge in [0.25, 0.3) is 5.91 Å². The lowest BCUT2D eigenvalue weighted by molar-refractivity contribution is -0.137. The van der Waals surface area contributed by atoms with Gasteiger partial charge in [0.15, 0.2) is 6.10 Å². The van der Waals surface area contributed by atoms with E-state index in [9.17, 15) is 22.8 Å². The van der Waals surface area contributed by atoms with Crippen LogP contribution >= 0.6 is 0 Å². The van der Waals surface area contributed by atoms with Gasteiger partial charge in [-0.3, -0.25) is 14.4 Å². The number of halogens is 3. The maximum Gasteiger partial charge on any atom is 0.416 e. The molecule has 0 aliphatic carbocycles. The van der Waals surface area contributed by atoms with Crippen LogP contribution in [0.25, 0.3) is 6.08 Å². The van der Waals surface area contributed by atoms with Gasteiger partial charge in [0, 0.05) is 0 Å². The molecule has 0 aromatic heterocycles. The first-order valence-corrected chi connectivity index (χ1v) is 10.6. The van der Waals surface area contributed by atoms with E-state index >= 15 is 0 Å². The molecule has 2 saturated heterocycles. The first kappa shape index (κ1) is 21.9. The molecule has 3 aromatic rings. The number of carbonyl (C=O) groups is 2. The molecule has 0 radical (unpaired) electrons. The molecule has 5 nitrogen and oxygen atoms in total. The number of amides is 2. The number of alkyl halides is 3. The standard InChI is InChI=1S/C26H19F3N2O3/c27-26(28,29)18-14-11-17(12-15-18)13-16-21-22-23(34-31(21)20-9-5-2-6-10-20)25(33)30(24(22)32)19-7-3-1-4-8-19/h1-16,21-23H/b16-13+/t21-,22-,23+/m0/s1. The Balaban J connectivity index is 1.48. The number of hydrogen-bond donors (Lipinski definition) is 0. The topological polar surface area (TPSA) is 49.9 Å². The molecule has 172 valence electrons. The van der Waals surface area contributed by atoms with Crippen molar-refractivity contribution < 1.29 is 27.6 Å². The average molecular weight is 464 g/mol. The Morgan fingerprint density at radius 3 is 1.94 bits per heavy atom. The fourth-order valence-electron chi connectivity index (χ4n) is 4.27.